The van der Waals surface area contributed by atoms with E-state index >= 15 is 0 Å². The van der Waals surface area contributed by atoms with E-state index in [-0.39, 0.29) is 4.90 Å². The second kappa shape index (κ2) is 7.67. The van der Waals surface area contributed by atoms with Crippen LogP contribution in [-0.4, -0.2) is 25.2 Å². The Morgan fingerprint density at radius 3 is 2.05 bits per heavy atom. The Balaban J connectivity index is 0.000000344. The van der Waals surface area contributed by atoms with Crippen LogP contribution >= 0.6 is 0 Å². The van der Waals surface area contributed by atoms with Crippen LogP contribution in [0.3, 0.4) is 0 Å². The fraction of sp³-hybridized carbons (Fsp3) is 0.250. The maximum absolute atomic E-state index is 10.6. The molecule has 1 rings (SSSR count). The zero-order valence-corrected chi connectivity index (χ0v) is 11.6. The van der Waals surface area contributed by atoms with Gasteiger partial charge in [-0.25, -0.2) is 4.79 Å². The Hall–Kier alpha value is -1.70. The molecular weight excluding hydrogens is 270 g/mol. The third kappa shape index (κ3) is 8.09. The molecule has 0 fully saturated rings. The molecule has 0 spiro atoms. The summed E-state index contributed by atoms with van der Waals surface area (Å²) in [5.74, 6) is -0.440. The zero-order valence-electron chi connectivity index (χ0n) is 10.7. The summed E-state index contributed by atoms with van der Waals surface area (Å²) in [6, 6.07) is 7.42. The van der Waals surface area contributed by atoms with E-state index in [1.807, 2.05) is 0 Å². The van der Waals surface area contributed by atoms with Crippen LogP contribution < -0.4 is 5.73 Å². The van der Waals surface area contributed by atoms with Crippen molar-refractivity contribution in [3.8, 4) is 0 Å². The number of nitrogens with two attached hydrogens (primary N) is 1. The van der Waals surface area contributed by atoms with Gasteiger partial charge in [-0.15, -0.1) is 0 Å². The van der Waals surface area contributed by atoms with Crippen molar-refractivity contribution in [3.05, 3.63) is 42.5 Å². The predicted molar refractivity (Wildman–Crippen MR) is 70.8 cm³/mol. The first kappa shape index (κ1) is 17.3. The molecule has 0 aliphatic heterocycles. The third-order valence-corrected chi connectivity index (χ3v) is 2.55. The molecule has 0 aliphatic carbocycles. The van der Waals surface area contributed by atoms with Crippen molar-refractivity contribution in [2.75, 3.05) is 0 Å². The minimum atomic E-state index is -4.00. The van der Waals surface area contributed by atoms with Crippen molar-refractivity contribution in [3.63, 3.8) is 0 Å². The summed E-state index contributed by atoms with van der Waals surface area (Å²) in [6.45, 7) is 6.54. The molecule has 7 heteroatoms. The average Bonchev–Trinajstić information content (AvgIpc) is 2.29. The van der Waals surface area contributed by atoms with Gasteiger partial charge in [0.2, 0.25) is 0 Å². The molecule has 1 unspecified atom stereocenters. The predicted octanol–water partition coefficient (Wildman–Crippen LogP) is 1.34. The Kier molecular flexibility index (Phi) is 6.99. The summed E-state index contributed by atoms with van der Waals surface area (Å²) < 4.78 is 33.8. The molecule has 0 aromatic heterocycles. The third-order valence-electron chi connectivity index (χ3n) is 1.68. The van der Waals surface area contributed by atoms with Crippen LogP contribution in [0.2, 0.25) is 0 Å². The summed E-state index contributed by atoms with van der Waals surface area (Å²) >= 11 is 0. The fourth-order valence-electron chi connectivity index (χ4n) is 0.862. The molecule has 1 aromatic rings. The van der Waals surface area contributed by atoms with Crippen molar-refractivity contribution >= 4 is 16.1 Å². The maximum Gasteiger partial charge on any atom is 0.334 e. The Labute approximate surface area is 112 Å². The topological polar surface area (TPSA) is 107 Å². The van der Waals surface area contributed by atoms with E-state index in [9.17, 15) is 13.2 Å². The number of rotatable bonds is 3. The van der Waals surface area contributed by atoms with Gasteiger partial charge < -0.3 is 4.74 Å². The lowest BCUT2D eigenvalue weighted by molar-refractivity contribution is -0.143. The summed E-state index contributed by atoms with van der Waals surface area (Å²) in [6.07, 6.45) is -0.547. The highest BCUT2D eigenvalue weighted by atomic mass is 32.2. The quantitative estimate of drug-likeness (QED) is 0.376. The van der Waals surface area contributed by atoms with Crippen molar-refractivity contribution < 1.29 is 22.5 Å². The Bertz CT molecular complexity index is 522. The van der Waals surface area contributed by atoms with Crippen LogP contribution in [-0.2, 0) is 19.6 Å². The van der Waals surface area contributed by atoms with Gasteiger partial charge in [0, 0.05) is 5.57 Å². The van der Waals surface area contributed by atoms with Crippen LogP contribution in [0.4, 0.5) is 0 Å². The number of hydrogen-bond donors (Lipinski definition) is 2. The van der Waals surface area contributed by atoms with Gasteiger partial charge in [-0.3, -0.25) is 10.3 Å². The first-order valence-corrected chi connectivity index (χ1v) is 6.73. The summed E-state index contributed by atoms with van der Waals surface area (Å²) in [7, 11) is -4.00. The number of benzene rings is 1. The molecule has 1 atom stereocenters. The molecule has 3 N–H and O–H groups in total. The number of ether oxygens (including phenoxy) is 1. The van der Waals surface area contributed by atoms with Gasteiger partial charge in [0.1, 0.15) is 6.23 Å². The highest BCUT2D eigenvalue weighted by Gasteiger charge is 2.05. The highest BCUT2D eigenvalue weighted by molar-refractivity contribution is 7.85. The average molecular weight is 287 g/mol. The van der Waals surface area contributed by atoms with Crippen LogP contribution in [0.5, 0.6) is 0 Å². The highest BCUT2D eigenvalue weighted by Crippen LogP contribution is 2.05. The Morgan fingerprint density at radius 2 is 1.84 bits per heavy atom. The number of esters is 1. The molecule has 6 nitrogen and oxygen atoms in total. The minimum absolute atomic E-state index is 0.0741. The number of hydrogen-bond acceptors (Lipinski definition) is 5. The molecular formula is C12H17NO5S. The summed E-state index contributed by atoms with van der Waals surface area (Å²) in [5, 5.41) is 0. The molecule has 0 saturated heterocycles. The van der Waals surface area contributed by atoms with Crippen molar-refractivity contribution in [1.82, 2.24) is 0 Å². The maximum atomic E-state index is 10.6. The molecule has 19 heavy (non-hydrogen) atoms. The van der Waals surface area contributed by atoms with E-state index in [1.165, 1.54) is 12.1 Å². The van der Waals surface area contributed by atoms with Crippen molar-refractivity contribution in [2.24, 2.45) is 5.73 Å². The van der Waals surface area contributed by atoms with E-state index in [2.05, 4.69) is 11.3 Å². The second-order valence-electron chi connectivity index (χ2n) is 3.68. The van der Waals surface area contributed by atoms with E-state index in [0.717, 1.165) is 0 Å². The van der Waals surface area contributed by atoms with E-state index in [0.29, 0.717) is 5.57 Å². The van der Waals surface area contributed by atoms with Crippen LogP contribution in [0.15, 0.2) is 47.4 Å². The first-order valence-electron chi connectivity index (χ1n) is 5.29. The molecule has 0 radical (unpaired) electrons. The lowest BCUT2D eigenvalue weighted by Gasteiger charge is -2.05. The van der Waals surface area contributed by atoms with Crippen molar-refractivity contribution in [2.45, 2.75) is 25.0 Å². The molecule has 0 saturated carbocycles. The monoisotopic (exact) mass is 287 g/mol. The van der Waals surface area contributed by atoms with Crippen LogP contribution in [0, 0.1) is 0 Å². The fourth-order valence-corrected chi connectivity index (χ4v) is 1.36. The first-order chi connectivity index (χ1) is 8.64. The molecule has 0 bridgehead atoms. The smallest absolute Gasteiger partial charge is 0.334 e. The van der Waals surface area contributed by atoms with Crippen LogP contribution in [0.25, 0.3) is 0 Å². The second-order valence-corrected chi connectivity index (χ2v) is 5.10. The SMILES string of the molecule is C=C(C)C(=O)OC(C)N.O=S(=O)(O)c1ccccc1. The molecule has 0 aliphatic rings. The van der Waals surface area contributed by atoms with Gasteiger partial charge in [-0.1, -0.05) is 24.8 Å². The largest absolute Gasteiger partial charge is 0.444 e. The van der Waals surface area contributed by atoms with Gasteiger partial charge in [-0.2, -0.15) is 8.42 Å². The van der Waals surface area contributed by atoms with Gasteiger partial charge >= 0.3 is 5.97 Å². The van der Waals surface area contributed by atoms with Crippen molar-refractivity contribution in [1.29, 1.82) is 0 Å². The summed E-state index contributed by atoms with van der Waals surface area (Å²) in [5.41, 5.74) is 5.51. The standard InChI is InChI=1S/C6H11NO2.C6H6O3S/c1-4(2)6(8)9-5(3)7;7-10(8,9)6-4-2-1-3-5-6/h5H,1,7H2,2-3H3;1-5H,(H,7,8,9). The minimum Gasteiger partial charge on any atom is -0.444 e. The van der Waals surface area contributed by atoms with Gasteiger partial charge in [-0.05, 0) is 26.0 Å². The lowest BCUT2D eigenvalue weighted by atomic mass is 10.4. The van der Waals surface area contributed by atoms with Gasteiger partial charge in [0.05, 0.1) is 4.90 Å². The number of carbonyl (C=O) groups excluding carboxylic acids is 1. The van der Waals surface area contributed by atoms with E-state index in [1.54, 1.807) is 32.0 Å². The normalized spacial score (nSPS) is 11.8. The van der Waals surface area contributed by atoms with E-state index in [4.69, 9.17) is 10.3 Å². The zero-order chi connectivity index (χ0) is 15.1. The molecule has 1 aromatic carbocycles. The van der Waals surface area contributed by atoms with Gasteiger partial charge in [0.15, 0.2) is 0 Å². The van der Waals surface area contributed by atoms with Crippen LogP contribution in [0.1, 0.15) is 13.8 Å². The van der Waals surface area contributed by atoms with Gasteiger partial charge in [0.25, 0.3) is 10.1 Å². The Morgan fingerprint density at radius 1 is 1.37 bits per heavy atom. The molecule has 106 valence electrons. The summed E-state index contributed by atoms with van der Waals surface area (Å²) in [4.78, 5) is 10.5. The van der Waals surface area contributed by atoms with E-state index < -0.39 is 22.3 Å². The molecule has 0 heterocycles. The molecule has 0 amide bonds. The number of carbonyl (C=O) groups is 1. The lowest BCUT2D eigenvalue weighted by Crippen LogP contribution is -2.23.